The number of aliphatic imine (C=N–C) groups is 1. The number of hydrogen-bond donors (Lipinski definition) is 0. The quantitative estimate of drug-likeness (QED) is 0.187. The van der Waals surface area contributed by atoms with E-state index in [1.807, 2.05) is 22.6 Å². The van der Waals surface area contributed by atoms with Crippen molar-refractivity contribution in [1.82, 2.24) is 18.7 Å². The molecule has 0 aliphatic rings. The van der Waals surface area contributed by atoms with Crippen molar-refractivity contribution in [1.29, 1.82) is 0 Å². The molecule has 0 atom stereocenters. The minimum Gasteiger partial charge on any atom is -0.425 e. The van der Waals surface area contributed by atoms with Gasteiger partial charge in [-0.3, -0.25) is 23.5 Å². The van der Waals surface area contributed by atoms with Gasteiger partial charge in [-0.25, -0.2) is 4.79 Å². The van der Waals surface area contributed by atoms with Gasteiger partial charge in [0, 0.05) is 35.0 Å². The lowest BCUT2D eigenvalue weighted by Crippen LogP contribution is -2.39. The third-order valence-corrected chi connectivity index (χ3v) is 6.37. The van der Waals surface area contributed by atoms with Gasteiger partial charge in [-0.1, -0.05) is 29.8 Å². The molecule has 2 heterocycles. The number of rotatable bonds is 8. The Balaban J connectivity index is 1.89. The van der Waals surface area contributed by atoms with Crippen LogP contribution in [-0.4, -0.2) is 38.3 Å². The van der Waals surface area contributed by atoms with E-state index >= 15 is 0 Å². The average Bonchev–Trinajstić information content (AvgIpc) is 3.22. The molecule has 39 heavy (non-hydrogen) atoms. The predicted octanol–water partition coefficient (Wildman–Crippen LogP) is 5.31. The van der Waals surface area contributed by atoms with Crippen LogP contribution in [0, 0.1) is 0 Å². The maximum absolute atomic E-state index is 13.7. The van der Waals surface area contributed by atoms with Crippen molar-refractivity contribution in [3.8, 4) is 17.5 Å². The van der Waals surface area contributed by atoms with Crippen LogP contribution < -0.4 is 20.7 Å². The zero-order chi connectivity index (χ0) is 28.3. The third-order valence-electron chi connectivity index (χ3n) is 5.41. The molecule has 0 amide bonds. The van der Waals surface area contributed by atoms with E-state index in [1.54, 1.807) is 43.6 Å². The van der Waals surface area contributed by atoms with Crippen molar-refractivity contribution in [2.45, 2.75) is 19.5 Å². The number of imidazole rings is 1. The lowest BCUT2D eigenvalue weighted by Gasteiger charge is -2.12. The molecule has 4 aromatic rings. The van der Waals surface area contributed by atoms with Gasteiger partial charge in [0.1, 0.15) is 11.5 Å². The standard InChI is InChI=1S/C25H20ClF3IN5O4/c1-31-11-10-17(30)14-35-22(36)20-21(33(2)24(35)37)32-23(34(20)13-15-6-8-16(26)9-7-15)38-18-4-3-5-19(12-18)39-25(27,28)29/h3-12H,13-14H2,1-2H3/b17-10-,31-11?. The molecular weight excluding hydrogens is 654 g/mol. The van der Waals surface area contributed by atoms with E-state index in [1.165, 1.54) is 28.3 Å². The van der Waals surface area contributed by atoms with Crippen molar-refractivity contribution in [2.24, 2.45) is 12.0 Å². The van der Waals surface area contributed by atoms with Crippen molar-refractivity contribution >= 4 is 51.6 Å². The summed E-state index contributed by atoms with van der Waals surface area (Å²) in [6.45, 7) is 0.0811. The fourth-order valence-corrected chi connectivity index (χ4v) is 4.32. The van der Waals surface area contributed by atoms with Crippen LogP contribution in [0.5, 0.6) is 17.5 Å². The summed E-state index contributed by atoms with van der Waals surface area (Å²) in [4.78, 5) is 35.0. The highest BCUT2D eigenvalue weighted by Crippen LogP contribution is 2.30. The first kappa shape index (κ1) is 28.4. The Morgan fingerprint density at radius 1 is 1.13 bits per heavy atom. The summed E-state index contributed by atoms with van der Waals surface area (Å²) < 4.78 is 52.4. The second-order valence-electron chi connectivity index (χ2n) is 8.16. The van der Waals surface area contributed by atoms with Gasteiger partial charge in [-0.15, -0.1) is 13.2 Å². The van der Waals surface area contributed by atoms with Gasteiger partial charge in [-0.05, 0) is 58.5 Å². The highest BCUT2D eigenvalue weighted by molar-refractivity contribution is 14.1. The van der Waals surface area contributed by atoms with Crippen LogP contribution in [0.3, 0.4) is 0 Å². The molecule has 0 fully saturated rings. The number of fused-ring (bicyclic) bond motifs is 1. The summed E-state index contributed by atoms with van der Waals surface area (Å²) in [7, 11) is 3.06. The van der Waals surface area contributed by atoms with Crippen molar-refractivity contribution in [3.05, 3.63) is 89.6 Å². The number of aryl methyl sites for hydroxylation is 1. The summed E-state index contributed by atoms with van der Waals surface area (Å²) in [5, 5.41) is 0.508. The second kappa shape index (κ2) is 11.7. The van der Waals surface area contributed by atoms with Crippen molar-refractivity contribution in [3.63, 3.8) is 0 Å². The van der Waals surface area contributed by atoms with E-state index in [2.05, 4.69) is 14.7 Å². The topological polar surface area (TPSA) is 92.6 Å². The van der Waals surface area contributed by atoms with Gasteiger partial charge in [0.05, 0.1) is 13.1 Å². The van der Waals surface area contributed by atoms with E-state index in [0.29, 0.717) is 8.60 Å². The van der Waals surface area contributed by atoms with E-state index < -0.39 is 23.4 Å². The molecule has 0 radical (unpaired) electrons. The van der Waals surface area contributed by atoms with Crippen LogP contribution in [-0.2, 0) is 20.1 Å². The normalized spacial score (nSPS) is 12.4. The maximum atomic E-state index is 13.7. The van der Waals surface area contributed by atoms with E-state index in [0.717, 1.165) is 22.3 Å². The van der Waals surface area contributed by atoms with Gasteiger partial charge < -0.3 is 9.47 Å². The number of allylic oxidation sites excluding steroid dienone is 2. The minimum absolute atomic E-state index is 0.00678. The monoisotopic (exact) mass is 673 g/mol. The van der Waals surface area contributed by atoms with E-state index in [9.17, 15) is 22.8 Å². The largest absolute Gasteiger partial charge is 0.573 e. The summed E-state index contributed by atoms with van der Waals surface area (Å²) in [6, 6.07) is 11.6. The summed E-state index contributed by atoms with van der Waals surface area (Å²) in [6.07, 6.45) is -1.67. The Morgan fingerprint density at radius 3 is 2.49 bits per heavy atom. The number of aromatic nitrogens is 4. The number of hydrogen-bond acceptors (Lipinski definition) is 6. The highest BCUT2D eigenvalue weighted by atomic mass is 127. The Kier molecular flexibility index (Phi) is 8.49. The zero-order valence-corrected chi connectivity index (χ0v) is 23.4. The number of nitrogens with zero attached hydrogens (tertiary/aromatic N) is 5. The Hall–Kier alpha value is -3.59. The average molecular weight is 674 g/mol. The Labute approximate surface area is 237 Å². The third kappa shape index (κ3) is 6.71. The molecule has 0 bridgehead atoms. The molecule has 0 aliphatic heterocycles. The van der Waals surface area contributed by atoms with E-state index in [-0.39, 0.29) is 36.0 Å². The van der Waals surface area contributed by atoms with Crippen LogP contribution in [0.25, 0.3) is 11.2 Å². The molecule has 0 saturated carbocycles. The van der Waals surface area contributed by atoms with Crippen LogP contribution >= 0.6 is 34.2 Å². The van der Waals surface area contributed by atoms with Gasteiger partial charge in [-0.2, -0.15) is 4.98 Å². The van der Waals surface area contributed by atoms with Gasteiger partial charge >= 0.3 is 18.1 Å². The fraction of sp³-hybridized carbons (Fsp3) is 0.200. The van der Waals surface area contributed by atoms with Gasteiger partial charge in [0.15, 0.2) is 11.2 Å². The minimum atomic E-state index is -4.89. The first-order chi connectivity index (χ1) is 18.5. The van der Waals surface area contributed by atoms with Crippen molar-refractivity contribution < 1.29 is 22.6 Å². The molecular formula is C25H20ClF3IN5O4. The predicted molar refractivity (Wildman–Crippen MR) is 150 cm³/mol. The van der Waals surface area contributed by atoms with E-state index in [4.69, 9.17) is 16.3 Å². The van der Waals surface area contributed by atoms with Crippen LogP contribution in [0.2, 0.25) is 5.02 Å². The lowest BCUT2D eigenvalue weighted by molar-refractivity contribution is -0.274. The first-order valence-electron chi connectivity index (χ1n) is 11.2. The second-order valence-corrected chi connectivity index (χ2v) is 9.98. The number of benzene rings is 2. The summed E-state index contributed by atoms with van der Waals surface area (Å²) in [5.74, 6) is -0.516. The zero-order valence-electron chi connectivity index (χ0n) is 20.4. The molecule has 14 heteroatoms. The Bertz CT molecular complexity index is 1690. The van der Waals surface area contributed by atoms with Crippen LogP contribution in [0.1, 0.15) is 5.56 Å². The number of halogens is 5. The molecule has 4 rings (SSSR count). The van der Waals surface area contributed by atoms with Crippen LogP contribution in [0.4, 0.5) is 13.2 Å². The summed E-state index contributed by atoms with van der Waals surface area (Å²) in [5.41, 5.74) is -0.382. The van der Waals surface area contributed by atoms with Gasteiger partial charge in [0.2, 0.25) is 0 Å². The summed E-state index contributed by atoms with van der Waals surface area (Å²) >= 11 is 8.02. The number of alkyl halides is 3. The maximum Gasteiger partial charge on any atom is 0.573 e. The molecule has 9 nitrogen and oxygen atoms in total. The molecule has 2 aromatic carbocycles. The van der Waals surface area contributed by atoms with Crippen LogP contribution in [0.15, 0.2) is 72.8 Å². The van der Waals surface area contributed by atoms with Crippen molar-refractivity contribution in [2.75, 3.05) is 7.05 Å². The Morgan fingerprint density at radius 2 is 1.82 bits per heavy atom. The SMILES string of the molecule is CN=C/C=C(\I)Cn1c(=O)c2c(nc(Oc3cccc(OC(F)(F)F)c3)n2Cc2ccc(Cl)cc2)n(C)c1=O. The highest BCUT2D eigenvalue weighted by Gasteiger charge is 2.31. The lowest BCUT2D eigenvalue weighted by atomic mass is 10.2. The number of ether oxygens (including phenoxy) is 2. The van der Waals surface area contributed by atoms with Gasteiger partial charge in [0.25, 0.3) is 5.56 Å². The molecule has 0 saturated heterocycles. The fourth-order valence-electron chi connectivity index (χ4n) is 3.69. The smallest absolute Gasteiger partial charge is 0.425 e. The molecule has 0 spiro atoms. The molecule has 0 aliphatic carbocycles. The molecule has 2 aromatic heterocycles. The first-order valence-corrected chi connectivity index (χ1v) is 12.7. The molecule has 204 valence electrons. The molecule has 0 N–H and O–H groups in total. The molecule has 0 unspecified atom stereocenters.